The van der Waals surface area contributed by atoms with Gasteiger partial charge in [-0.25, -0.2) is 18.4 Å². The van der Waals surface area contributed by atoms with Crippen LogP contribution < -0.4 is 10.6 Å². The number of carboxylic acid groups (broad SMARTS) is 1. The fourth-order valence-electron chi connectivity index (χ4n) is 1.72. The van der Waals surface area contributed by atoms with Crippen molar-refractivity contribution in [2.24, 2.45) is 0 Å². The predicted octanol–water partition coefficient (Wildman–Crippen LogP) is 0.199. The molecule has 1 fully saturated rings. The van der Waals surface area contributed by atoms with Crippen molar-refractivity contribution in [2.45, 2.75) is 31.5 Å². The van der Waals surface area contributed by atoms with Gasteiger partial charge in [-0.1, -0.05) is 0 Å². The Kier molecular flexibility index (Phi) is 7.16. The lowest BCUT2D eigenvalue weighted by atomic mass is 10.2. The molecule has 1 rings (SSSR count). The van der Waals surface area contributed by atoms with Gasteiger partial charge in [-0.15, -0.1) is 0 Å². The molecule has 3 N–H and O–H groups in total. The van der Waals surface area contributed by atoms with Crippen molar-refractivity contribution >= 4 is 12.0 Å². The zero-order valence-corrected chi connectivity index (χ0v) is 10.8. The van der Waals surface area contributed by atoms with Gasteiger partial charge < -0.3 is 25.2 Å². The summed E-state index contributed by atoms with van der Waals surface area (Å²) in [6.45, 7) is -0.343. The highest BCUT2D eigenvalue weighted by molar-refractivity contribution is 5.74. The quantitative estimate of drug-likeness (QED) is 0.556. The molecule has 1 saturated heterocycles. The van der Waals surface area contributed by atoms with Gasteiger partial charge in [0.25, 0.3) is 6.43 Å². The molecule has 116 valence electrons. The highest BCUT2D eigenvalue weighted by Gasteiger charge is 2.30. The predicted molar refractivity (Wildman–Crippen MR) is 63.8 cm³/mol. The number of ether oxygens (including phenoxy) is 2. The molecule has 0 aromatic carbocycles. The number of amides is 2. The summed E-state index contributed by atoms with van der Waals surface area (Å²) in [5.74, 6) is -1.01. The van der Waals surface area contributed by atoms with Gasteiger partial charge in [-0.05, 0) is 12.8 Å². The molecule has 0 aromatic rings. The zero-order valence-electron chi connectivity index (χ0n) is 10.8. The van der Waals surface area contributed by atoms with Crippen LogP contribution in [0.4, 0.5) is 13.6 Å². The number of rotatable bonds is 8. The number of aliphatic carboxylic acids is 1. The highest BCUT2D eigenvalue weighted by Crippen LogP contribution is 2.18. The molecule has 2 atom stereocenters. The maximum Gasteiger partial charge on any atom is 0.332 e. The highest BCUT2D eigenvalue weighted by atomic mass is 19.3. The fraction of sp³-hybridized carbons (Fsp3) is 0.818. The molecule has 0 aliphatic carbocycles. The molecule has 2 amide bonds. The van der Waals surface area contributed by atoms with Crippen LogP contribution in [0.5, 0.6) is 0 Å². The second kappa shape index (κ2) is 8.64. The van der Waals surface area contributed by atoms with E-state index in [-0.39, 0.29) is 25.8 Å². The SMILES string of the molecule is O=C(NCCOCC(F)F)NCC1CCC(C(=O)O)O1. The Morgan fingerprint density at radius 3 is 2.70 bits per heavy atom. The van der Waals surface area contributed by atoms with Crippen LogP contribution in [0.3, 0.4) is 0 Å². The number of alkyl halides is 2. The number of halogens is 2. The van der Waals surface area contributed by atoms with Crippen LogP contribution in [-0.2, 0) is 14.3 Å². The molecule has 20 heavy (non-hydrogen) atoms. The first kappa shape index (κ1) is 16.6. The van der Waals surface area contributed by atoms with E-state index in [9.17, 15) is 18.4 Å². The molecular weight excluding hydrogens is 278 g/mol. The molecular formula is C11H18F2N2O5. The summed E-state index contributed by atoms with van der Waals surface area (Å²) in [5.41, 5.74) is 0. The lowest BCUT2D eigenvalue weighted by Gasteiger charge is -2.13. The first-order valence-electron chi connectivity index (χ1n) is 6.25. The molecule has 0 saturated carbocycles. The summed E-state index contributed by atoms with van der Waals surface area (Å²) in [6.07, 6.45) is -2.67. The van der Waals surface area contributed by atoms with Crippen LogP contribution >= 0.6 is 0 Å². The standard InChI is InChI=1S/C11H18F2N2O5/c12-9(13)6-19-4-3-14-11(18)15-5-7-1-2-8(20-7)10(16)17/h7-9H,1-6H2,(H,16,17)(H2,14,15,18). The van der Waals surface area contributed by atoms with Crippen molar-refractivity contribution in [3.05, 3.63) is 0 Å². The number of carboxylic acids is 1. The largest absolute Gasteiger partial charge is 0.479 e. The molecule has 2 unspecified atom stereocenters. The van der Waals surface area contributed by atoms with Crippen LogP contribution in [0, 0.1) is 0 Å². The third kappa shape index (κ3) is 6.62. The lowest BCUT2D eigenvalue weighted by Crippen LogP contribution is -2.41. The van der Waals surface area contributed by atoms with Crippen molar-refractivity contribution in [3.63, 3.8) is 0 Å². The van der Waals surface area contributed by atoms with Gasteiger partial charge in [0, 0.05) is 13.1 Å². The third-order valence-corrected chi connectivity index (χ3v) is 2.65. The topological polar surface area (TPSA) is 96.9 Å². The molecule has 1 heterocycles. The summed E-state index contributed by atoms with van der Waals surface area (Å²) >= 11 is 0. The molecule has 1 aliphatic rings. The maximum absolute atomic E-state index is 11.7. The molecule has 1 aliphatic heterocycles. The van der Waals surface area contributed by atoms with E-state index in [1.807, 2.05) is 0 Å². The second-order valence-corrected chi connectivity index (χ2v) is 4.27. The van der Waals surface area contributed by atoms with Crippen molar-refractivity contribution in [1.82, 2.24) is 10.6 Å². The summed E-state index contributed by atoms with van der Waals surface area (Å²) in [7, 11) is 0. The minimum atomic E-state index is -2.52. The number of carbonyl (C=O) groups is 2. The number of nitrogens with one attached hydrogen (secondary N) is 2. The van der Waals surface area contributed by atoms with E-state index in [1.54, 1.807) is 0 Å². The molecule has 0 bridgehead atoms. The van der Waals surface area contributed by atoms with E-state index >= 15 is 0 Å². The summed E-state index contributed by atoms with van der Waals surface area (Å²) in [6, 6.07) is -0.479. The third-order valence-electron chi connectivity index (χ3n) is 2.65. The number of urea groups is 1. The lowest BCUT2D eigenvalue weighted by molar-refractivity contribution is -0.149. The van der Waals surface area contributed by atoms with Crippen molar-refractivity contribution in [3.8, 4) is 0 Å². The minimum absolute atomic E-state index is 0.00121. The van der Waals surface area contributed by atoms with E-state index < -0.39 is 31.1 Å². The van der Waals surface area contributed by atoms with Gasteiger partial charge in [0.1, 0.15) is 6.61 Å². The number of hydrogen-bond donors (Lipinski definition) is 3. The fourth-order valence-corrected chi connectivity index (χ4v) is 1.72. The number of carbonyl (C=O) groups excluding carboxylic acids is 1. The van der Waals surface area contributed by atoms with Crippen LogP contribution in [0.25, 0.3) is 0 Å². The normalized spacial score (nSPS) is 21.9. The van der Waals surface area contributed by atoms with Crippen LogP contribution in [0.1, 0.15) is 12.8 Å². The Hall–Kier alpha value is -1.48. The Bertz CT molecular complexity index is 330. The molecule has 0 spiro atoms. The van der Waals surface area contributed by atoms with Gasteiger partial charge in [-0.3, -0.25) is 0 Å². The zero-order chi connectivity index (χ0) is 15.0. The minimum Gasteiger partial charge on any atom is -0.479 e. The van der Waals surface area contributed by atoms with E-state index in [1.165, 1.54) is 0 Å². The molecule has 9 heteroatoms. The van der Waals surface area contributed by atoms with Gasteiger partial charge in [0.2, 0.25) is 0 Å². The van der Waals surface area contributed by atoms with Crippen molar-refractivity contribution in [1.29, 1.82) is 0 Å². The maximum atomic E-state index is 11.7. The monoisotopic (exact) mass is 296 g/mol. The Morgan fingerprint density at radius 2 is 2.10 bits per heavy atom. The van der Waals surface area contributed by atoms with E-state index in [4.69, 9.17) is 9.84 Å². The first-order valence-corrected chi connectivity index (χ1v) is 6.25. The summed E-state index contributed by atoms with van der Waals surface area (Å²) in [5, 5.41) is 13.7. The van der Waals surface area contributed by atoms with E-state index in [0.717, 1.165) is 0 Å². The summed E-state index contributed by atoms with van der Waals surface area (Å²) < 4.78 is 33.2. The second-order valence-electron chi connectivity index (χ2n) is 4.27. The van der Waals surface area contributed by atoms with Crippen LogP contribution in [0.2, 0.25) is 0 Å². The van der Waals surface area contributed by atoms with Crippen molar-refractivity contribution in [2.75, 3.05) is 26.3 Å². The molecule has 0 radical (unpaired) electrons. The van der Waals surface area contributed by atoms with Gasteiger partial charge in [0.15, 0.2) is 6.10 Å². The van der Waals surface area contributed by atoms with E-state index in [2.05, 4.69) is 15.4 Å². The smallest absolute Gasteiger partial charge is 0.332 e. The first-order chi connectivity index (χ1) is 9.49. The van der Waals surface area contributed by atoms with Gasteiger partial charge in [-0.2, -0.15) is 0 Å². The number of hydrogen-bond acceptors (Lipinski definition) is 4. The molecule has 7 nitrogen and oxygen atoms in total. The average Bonchev–Trinajstić information content (AvgIpc) is 2.84. The Morgan fingerprint density at radius 1 is 1.35 bits per heavy atom. The average molecular weight is 296 g/mol. The summed E-state index contributed by atoms with van der Waals surface area (Å²) in [4.78, 5) is 22.0. The van der Waals surface area contributed by atoms with Gasteiger partial charge in [0.05, 0.1) is 12.7 Å². The van der Waals surface area contributed by atoms with Crippen LogP contribution in [0.15, 0.2) is 0 Å². The van der Waals surface area contributed by atoms with E-state index in [0.29, 0.717) is 12.8 Å². The Balaban J connectivity index is 2.02. The molecule has 0 aromatic heterocycles. The van der Waals surface area contributed by atoms with Crippen LogP contribution in [-0.4, -0.2) is 62.0 Å². The van der Waals surface area contributed by atoms with Gasteiger partial charge >= 0.3 is 12.0 Å². The Labute approximate surface area is 114 Å². The van der Waals surface area contributed by atoms with Crippen molar-refractivity contribution < 1.29 is 33.0 Å².